The Kier molecular flexibility index (Phi) is 10.9. The Labute approximate surface area is 215 Å². The van der Waals surface area contributed by atoms with E-state index in [0.717, 1.165) is 0 Å². The number of rotatable bonds is 6. The molecule has 2 saturated heterocycles. The van der Waals surface area contributed by atoms with Gasteiger partial charge in [-0.05, 0) is 65.0 Å². The second-order valence-electron chi connectivity index (χ2n) is 10.6. The third-order valence-electron chi connectivity index (χ3n) is 8.94. The quantitative estimate of drug-likeness (QED) is 0.333. The van der Waals surface area contributed by atoms with E-state index >= 15 is 0 Å². The number of likely N-dealkylation sites (tertiary alicyclic amines) is 2. The summed E-state index contributed by atoms with van der Waals surface area (Å²) in [5.74, 6) is 0. The van der Waals surface area contributed by atoms with E-state index in [-0.39, 0.29) is 17.1 Å². The van der Waals surface area contributed by atoms with Crippen LogP contribution in [0.3, 0.4) is 0 Å². The molecule has 2 aliphatic rings. The minimum absolute atomic E-state index is 0. The normalized spacial score (nSPS) is 16.7. The molecule has 0 aliphatic carbocycles. The zero-order valence-corrected chi connectivity index (χ0v) is 23.8. The van der Waals surface area contributed by atoms with Gasteiger partial charge in [-0.25, -0.2) is 0 Å². The van der Waals surface area contributed by atoms with Crippen molar-refractivity contribution >= 4 is 0 Å². The largest absolute Gasteiger partial charge is 0.304 e. The average molecular weight is 493 g/mol. The van der Waals surface area contributed by atoms with Crippen molar-refractivity contribution in [2.75, 3.05) is 39.3 Å². The van der Waals surface area contributed by atoms with Crippen molar-refractivity contribution in [2.24, 2.45) is 0 Å². The molecule has 0 aromatic heterocycles. The summed E-state index contributed by atoms with van der Waals surface area (Å²) < 4.78 is 0. The maximum atomic E-state index is 2.61. The van der Waals surface area contributed by atoms with Gasteiger partial charge in [0, 0.05) is 17.1 Å². The number of hydrogen-bond acceptors (Lipinski definition) is 2. The molecule has 0 spiro atoms. The first-order valence-electron chi connectivity index (χ1n) is 13.1. The molecule has 4 rings (SSSR count). The zero-order valence-electron chi connectivity index (χ0n) is 22.7. The summed E-state index contributed by atoms with van der Waals surface area (Å²) in [6, 6.07) is 0. The Morgan fingerprint density at radius 1 is 0.485 bits per heavy atom. The van der Waals surface area contributed by atoms with Gasteiger partial charge in [-0.3, -0.25) is 0 Å². The van der Waals surface area contributed by atoms with Gasteiger partial charge in [0.25, 0.3) is 0 Å². The Balaban J connectivity index is 0.000000227. The van der Waals surface area contributed by atoms with E-state index in [2.05, 4.69) is 65.2 Å². The van der Waals surface area contributed by atoms with Crippen LogP contribution in [0.15, 0.2) is 0 Å². The van der Waals surface area contributed by atoms with Gasteiger partial charge >= 0.3 is 0 Å². The van der Waals surface area contributed by atoms with E-state index < -0.39 is 0 Å². The van der Waals surface area contributed by atoms with Crippen molar-refractivity contribution in [3.8, 4) is 0 Å². The molecule has 2 nitrogen and oxygen atoms in total. The molecule has 0 radical (unpaired) electrons. The van der Waals surface area contributed by atoms with Gasteiger partial charge in [-0.2, -0.15) is 44.5 Å². The summed E-state index contributed by atoms with van der Waals surface area (Å²) in [4.78, 5) is 5.22. The molecule has 2 aromatic carbocycles. The molecule has 2 fully saturated rings. The first-order chi connectivity index (χ1) is 15.2. The molecule has 2 heterocycles. The van der Waals surface area contributed by atoms with Crippen molar-refractivity contribution in [3.63, 3.8) is 0 Å². The fraction of sp³-hybridized carbons (Fsp3) is 0.667. The minimum Gasteiger partial charge on any atom is -0.304 e. The van der Waals surface area contributed by atoms with Crippen LogP contribution >= 0.6 is 0 Å². The van der Waals surface area contributed by atoms with Gasteiger partial charge in [0.1, 0.15) is 0 Å². The summed E-state index contributed by atoms with van der Waals surface area (Å²) in [7, 11) is 0. The standard InChI is InChI=1S/2C15H24N.Fe/c2*1-11-12(2)14(4)15(13(11)3)7-10-16-8-5-6-9-16;/h2*5-10H2,1-4H3;/q2*-1;. The van der Waals surface area contributed by atoms with Gasteiger partial charge in [0.15, 0.2) is 0 Å². The molecule has 0 atom stereocenters. The monoisotopic (exact) mass is 492 g/mol. The fourth-order valence-corrected chi connectivity index (χ4v) is 5.90. The van der Waals surface area contributed by atoms with Crippen LogP contribution in [0.5, 0.6) is 0 Å². The Morgan fingerprint density at radius 3 is 0.970 bits per heavy atom. The molecule has 2 aromatic rings. The maximum absolute atomic E-state index is 2.61. The molecule has 0 saturated carbocycles. The summed E-state index contributed by atoms with van der Waals surface area (Å²) in [6.45, 7) is 26.0. The molecular formula is C30H48FeN2-2. The van der Waals surface area contributed by atoms with Crippen LogP contribution in [0.25, 0.3) is 0 Å². The molecule has 0 amide bonds. The molecule has 3 heteroatoms. The van der Waals surface area contributed by atoms with Crippen LogP contribution in [-0.2, 0) is 29.9 Å². The summed E-state index contributed by atoms with van der Waals surface area (Å²) >= 11 is 0. The van der Waals surface area contributed by atoms with E-state index in [9.17, 15) is 0 Å². The van der Waals surface area contributed by atoms with Crippen molar-refractivity contribution < 1.29 is 17.1 Å². The van der Waals surface area contributed by atoms with Crippen LogP contribution in [0.2, 0.25) is 0 Å². The molecule has 0 bridgehead atoms. The van der Waals surface area contributed by atoms with E-state index in [1.165, 1.54) is 122 Å². The second-order valence-corrected chi connectivity index (χ2v) is 10.6. The van der Waals surface area contributed by atoms with Crippen LogP contribution in [-0.4, -0.2) is 49.1 Å². The Hall–Kier alpha value is -0.861. The van der Waals surface area contributed by atoms with Gasteiger partial charge in [0.2, 0.25) is 0 Å². The minimum atomic E-state index is 0. The van der Waals surface area contributed by atoms with Crippen LogP contribution in [0.1, 0.15) is 81.3 Å². The zero-order chi connectivity index (χ0) is 23.4. The third kappa shape index (κ3) is 6.63. The first-order valence-corrected chi connectivity index (χ1v) is 13.1. The van der Waals surface area contributed by atoms with Crippen LogP contribution in [0, 0.1) is 55.4 Å². The van der Waals surface area contributed by atoms with Crippen molar-refractivity contribution in [3.05, 3.63) is 55.6 Å². The smallest absolute Gasteiger partial charge is 0 e. The summed E-state index contributed by atoms with van der Waals surface area (Å²) in [5, 5.41) is 0. The van der Waals surface area contributed by atoms with Crippen LogP contribution in [0.4, 0.5) is 0 Å². The topological polar surface area (TPSA) is 6.48 Å². The molecular weight excluding hydrogens is 444 g/mol. The van der Waals surface area contributed by atoms with Crippen molar-refractivity contribution in [1.29, 1.82) is 0 Å². The molecule has 0 N–H and O–H groups in total. The average Bonchev–Trinajstić information content (AvgIpc) is 3.56. The van der Waals surface area contributed by atoms with Crippen molar-refractivity contribution in [1.82, 2.24) is 9.80 Å². The summed E-state index contributed by atoms with van der Waals surface area (Å²) in [6.07, 6.45) is 8.08. The second kappa shape index (κ2) is 12.7. The number of nitrogens with zero attached hydrogens (tertiary/aromatic N) is 2. The van der Waals surface area contributed by atoms with Gasteiger partial charge < -0.3 is 9.80 Å². The van der Waals surface area contributed by atoms with Crippen LogP contribution < -0.4 is 0 Å². The third-order valence-corrected chi connectivity index (χ3v) is 8.94. The fourth-order valence-electron chi connectivity index (χ4n) is 5.90. The maximum Gasteiger partial charge on any atom is 0 e. The predicted octanol–water partition coefficient (Wildman–Crippen LogP) is 6.55. The van der Waals surface area contributed by atoms with E-state index in [1.54, 1.807) is 11.1 Å². The van der Waals surface area contributed by atoms with Gasteiger partial charge in [0.05, 0.1) is 0 Å². The molecule has 2 aliphatic heterocycles. The van der Waals surface area contributed by atoms with E-state index in [4.69, 9.17) is 0 Å². The van der Waals surface area contributed by atoms with E-state index in [0.29, 0.717) is 0 Å². The predicted molar refractivity (Wildman–Crippen MR) is 141 cm³/mol. The Morgan fingerprint density at radius 2 is 0.727 bits per heavy atom. The molecule has 33 heavy (non-hydrogen) atoms. The van der Waals surface area contributed by atoms with E-state index in [1.807, 2.05) is 0 Å². The summed E-state index contributed by atoms with van der Waals surface area (Å²) in [5.41, 5.74) is 15.4. The van der Waals surface area contributed by atoms with Gasteiger partial charge in [-0.1, -0.05) is 68.2 Å². The SMILES string of the molecule is Cc1c(C)c(C)[c-](CCN2CCCC2)c1C.Cc1c(C)c(C)[c-](CCN2CCCC2)c1C.[Fe]. The first kappa shape index (κ1) is 28.4. The van der Waals surface area contributed by atoms with Crippen molar-refractivity contribution in [2.45, 2.75) is 93.9 Å². The Bertz CT molecular complexity index is 764. The van der Waals surface area contributed by atoms with Gasteiger partial charge in [-0.15, -0.1) is 11.1 Å². The molecule has 188 valence electrons. The molecule has 0 unspecified atom stereocenters. The number of hydrogen-bond donors (Lipinski definition) is 0.